The fourth-order valence-corrected chi connectivity index (χ4v) is 3.17. The third-order valence-electron chi connectivity index (χ3n) is 4.95. The molecule has 2 amide bonds. The van der Waals surface area contributed by atoms with E-state index < -0.39 is 5.82 Å². The normalized spacial score (nSPS) is 10.8. The van der Waals surface area contributed by atoms with Crippen LogP contribution in [0.2, 0.25) is 0 Å². The first kappa shape index (κ1) is 22.3. The largest absolute Gasteiger partial charge is 0.467 e. The summed E-state index contributed by atoms with van der Waals surface area (Å²) in [5.41, 5.74) is 1.26. The second kappa shape index (κ2) is 10.6. The Labute approximate surface area is 180 Å². The summed E-state index contributed by atoms with van der Waals surface area (Å²) in [4.78, 5) is 29.3. The molecule has 0 radical (unpaired) electrons. The molecule has 0 aliphatic heterocycles. The lowest BCUT2D eigenvalue weighted by atomic mass is 10.2. The smallest absolute Gasteiger partial charge is 0.254 e. The fraction of sp³-hybridized carbons (Fsp3) is 0.304. The zero-order valence-electron chi connectivity index (χ0n) is 17.7. The van der Waals surface area contributed by atoms with E-state index in [1.54, 1.807) is 23.3 Å². The van der Waals surface area contributed by atoms with Gasteiger partial charge >= 0.3 is 0 Å². The van der Waals surface area contributed by atoms with Gasteiger partial charge in [-0.15, -0.1) is 0 Å². The maximum atomic E-state index is 13.3. The second-order valence-electron chi connectivity index (χ2n) is 7.17. The first-order valence-corrected chi connectivity index (χ1v) is 9.92. The molecule has 0 unspecified atom stereocenters. The molecule has 2 aromatic heterocycles. The number of nitrogens with zero attached hydrogens (tertiary/aromatic N) is 3. The van der Waals surface area contributed by atoms with Crippen LogP contribution in [-0.4, -0.2) is 53.0 Å². The Morgan fingerprint density at radius 2 is 1.84 bits per heavy atom. The highest BCUT2D eigenvalue weighted by Gasteiger charge is 2.23. The molecule has 0 saturated heterocycles. The average Bonchev–Trinajstić information content (AvgIpc) is 3.42. The lowest BCUT2D eigenvalue weighted by Crippen LogP contribution is -2.43. The van der Waals surface area contributed by atoms with Crippen LogP contribution in [0.5, 0.6) is 0 Å². The summed E-state index contributed by atoms with van der Waals surface area (Å²) in [6.07, 6.45) is 3.47. The molecule has 1 aromatic carbocycles. The van der Waals surface area contributed by atoms with Gasteiger partial charge in [0.25, 0.3) is 5.91 Å². The van der Waals surface area contributed by atoms with Crippen molar-refractivity contribution in [2.24, 2.45) is 7.05 Å². The number of aryl methyl sites for hydroxylation is 1. The number of benzene rings is 1. The number of rotatable bonds is 10. The van der Waals surface area contributed by atoms with E-state index in [1.165, 1.54) is 36.3 Å². The van der Waals surface area contributed by atoms with Crippen LogP contribution < -0.4 is 0 Å². The summed E-state index contributed by atoms with van der Waals surface area (Å²) < 4.78 is 25.7. The molecule has 0 spiro atoms. The molecule has 0 aliphatic rings. The van der Waals surface area contributed by atoms with E-state index in [0.717, 1.165) is 5.69 Å². The summed E-state index contributed by atoms with van der Waals surface area (Å²) >= 11 is 0. The molecule has 8 heteroatoms. The number of furan rings is 1. The van der Waals surface area contributed by atoms with Crippen molar-refractivity contribution in [3.63, 3.8) is 0 Å². The minimum Gasteiger partial charge on any atom is -0.467 e. The summed E-state index contributed by atoms with van der Waals surface area (Å²) in [6.45, 7) is 1.02. The zero-order chi connectivity index (χ0) is 22.2. The van der Waals surface area contributed by atoms with Crippen molar-refractivity contribution in [3.05, 3.63) is 83.8 Å². The van der Waals surface area contributed by atoms with E-state index in [1.807, 2.05) is 29.9 Å². The Morgan fingerprint density at radius 3 is 2.45 bits per heavy atom. The summed E-state index contributed by atoms with van der Waals surface area (Å²) in [6, 6.07) is 12.7. The minimum atomic E-state index is -0.428. The molecule has 0 aliphatic carbocycles. The van der Waals surface area contributed by atoms with Crippen molar-refractivity contribution in [1.82, 2.24) is 14.4 Å². The minimum absolute atomic E-state index is 0.134. The molecule has 0 atom stereocenters. The topological polar surface area (TPSA) is 67.9 Å². The Bertz CT molecular complexity index is 983. The van der Waals surface area contributed by atoms with Gasteiger partial charge in [-0.1, -0.05) is 0 Å². The molecule has 164 valence electrons. The predicted molar refractivity (Wildman–Crippen MR) is 113 cm³/mol. The van der Waals surface area contributed by atoms with Crippen LogP contribution in [0.4, 0.5) is 4.39 Å². The van der Waals surface area contributed by atoms with Crippen molar-refractivity contribution >= 4 is 11.8 Å². The molecule has 3 rings (SSSR count). The van der Waals surface area contributed by atoms with Crippen molar-refractivity contribution < 1.29 is 23.1 Å². The summed E-state index contributed by atoms with van der Waals surface area (Å²) in [5.74, 6) is -0.370. The molecular weight excluding hydrogens is 401 g/mol. The third-order valence-corrected chi connectivity index (χ3v) is 4.95. The molecule has 3 aromatic rings. The lowest BCUT2D eigenvalue weighted by molar-refractivity contribution is -0.133. The van der Waals surface area contributed by atoms with Gasteiger partial charge in [0.1, 0.15) is 18.1 Å². The van der Waals surface area contributed by atoms with E-state index in [4.69, 9.17) is 9.15 Å². The van der Waals surface area contributed by atoms with E-state index >= 15 is 0 Å². The number of carbonyl (C=O) groups excluding carboxylic acids is 2. The van der Waals surface area contributed by atoms with Gasteiger partial charge in [0.05, 0.1) is 26.0 Å². The van der Waals surface area contributed by atoms with Gasteiger partial charge < -0.3 is 23.5 Å². The second-order valence-corrected chi connectivity index (χ2v) is 7.17. The highest BCUT2D eigenvalue weighted by atomic mass is 19.1. The maximum absolute atomic E-state index is 13.3. The molecule has 0 fully saturated rings. The van der Waals surface area contributed by atoms with E-state index in [2.05, 4.69) is 0 Å². The van der Waals surface area contributed by atoms with Crippen molar-refractivity contribution in [2.75, 3.05) is 26.8 Å². The fourth-order valence-electron chi connectivity index (χ4n) is 3.17. The van der Waals surface area contributed by atoms with Gasteiger partial charge in [-0.3, -0.25) is 9.59 Å². The van der Waals surface area contributed by atoms with Crippen molar-refractivity contribution in [1.29, 1.82) is 0 Å². The molecule has 0 N–H and O–H groups in total. The van der Waals surface area contributed by atoms with Gasteiger partial charge in [-0.2, -0.15) is 0 Å². The number of hydrogen-bond donors (Lipinski definition) is 0. The number of methoxy groups -OCH3 is 1. The number of aromatic nitrogens is 1. The maximum Gasteiger partial charge on any atom is 0.254 e. The monoisotopic (exact) mass is 427 g/mol. The van der Waals surface area contributed by atoms with Gasteiger partial charge in [0.2, 0.25) is 5.91 Å². The van der Waals surface area contributed by atoms with Gasteiger partial charge in [-0.05, 0) is 48.5 Å². The molecule has 0 bridgehead atoms. The first-order chi connectivity index (χ1) is 15.0. The third kappa shape index (κ3) is 6.05. The van der Waals surface area contributed by atoms with Crippen LogP contribution in [0.15, 0.2) is 65.4 Å². The first-order valence-electron chi connectivity index (χ1n) is 9.92. The average molecular weight is 427 g/mol. The van der Waals surface area contributed by atoms with E-state index in [9.17, 15) is 14.0 Å². The number of hydrogen-bond acceptors (Lipinski definition) is 4. The molecule has 0 saturated carbocycles. The number of ether oxygens (including phenoxy) is 1. The number of amides is 2. The molecule has 7 nitrogen and oxygen atoms in total. The van der Waals surface area contributed by atoms with Crippen LogP contribution in [-0.2, 0) is 29.7 Å². The Kier molecular flexibility index (Phi) is 7.61. The number of halogens is 1. The number of carbonyl (C=O) groups is 2. The van der Waals surface area contributed by atoms with Gasteiger partial charge in [0, 0.05) is 38.2 Å². The van der Waals surface area contributed by atoms with E-state index in [0.29, 0.717) is 17.9 Å². The quantitative estimate of drug-likeness (QED) is 0.499. The molecule has 31 heavy (non-hydrogen) atoms. The Balaban J connectivity index is 1.78. The van der Waals surface area contributed by atoms with Crippen LogP contribution in [0.1, 0.15) is 21.8 Å². The van der Waals surface area contributed by atoms with E-state index in [-0.39, 0.29) is 38.1 Å². The zero-order valence-corrected chi connectivity index (χ0v) is 17.7. The van der Waals surface area contributed by atoms with Crippen LogP contribution in [0.25, 0.3) is 0 Å². The molecular formula is C23H26FN3O4. The van der Waals surface area contributed by atoms with Crippen LogP contribution >= 0.6 is 0 Å². The van der Waals surface area contributed by atoms with Crippen LogP contribution in [0, 0.1) is 5.82 Å². The van der Waals surface area contributed by atoms with Crippen molar-refractivity contribution in [2.45, 2.75) is 13.1 Å². The lowest BCUT2D eigenvalue weighted by Gasteiger charge is -2.27. The summed E-state index contributed by atoms with van der Waals surface area (Å²) in [7, 11) is 3.44. The standard InChI is InChI=1S/C23H26FN3O4/c1-25-11-3-5-20(25)15-27(16-21-6-4-13-31-21)22(28)17-26(12-14-30-2)23(29)18-7-9-19(24)10-8-18/h3-11,13H,12,14-17H2,1-2H3. The SMILES string of the molecule is COCCN(CC(=O)N(Cc1ccco1)Cc1cccn1C)C(=O)c1ccc(F)cc1. The van der Waals surface area contributed by atoms with Gasteiger partial charge in [-0.25, -0.2) is 4.39 Å². The summed E-state index contributed by atoms with van der Waals surface area (Å²) in [5, 5.41) is 0. The molecule has 2 heterocycles. The highest BCUT2D eigenvalue weighted by Crippen LogP contribution is 2.13. The highest BCUT2D eigenvalue weighted by molar-refractivity contribution is 5.96. The van der Waals surface area contributed by atoms with Crippen molar-refractivity contribution in [3.8, 4) is 0 Å². The predicted octanol–water partition coefficient (Wildman–Crippen LogP) is 3.07. The Morgan fingerprint density at radius 1 is 1.06 bits per heavy atom. The Hall–Kier alpha value is -3.39. The van der Waals surface area contributed by atoms with Crippen LogP contribution in [0.3, 0.4) is 0 Å². The van der Waals surface area contributed by atoms with Gasteiger partial charge in [0.15, 0.2) is 0 Å².